The summed E-state index contributed by atoms with van der Waals surface area (Å²) in [6.07, 6.45) is 2.84. The highest BCUT2D eigenvalue weighted by molar-refractivity contribution is 7.89. The van der Waals surface area contributed by atoms with E-state index in [9.17, 15) is 12.8 Å². The van der Waals surface area contributed by atoms with E-state index in [1.165, 1.54) is 12.1 Å². The monoisotopic (exact) mass is 300 g/mol. The summed E-state index contributed by atoms with van der Waals surface area (Å²) in [5.74, 6) is -0.224. The Balaban J connectivity index is 2.19. The van der Waals surface area contributed by atoms with Gasteiger partial charge in [0.1, 0.15) is 17.6 Å². The average Bonchev–Trinajstić information content (AvgIpc) is 2.36. The quantitative estimate of drug-likeness (QED) is 0.742. The Morgan fingerprint density at radius 1 is 1.25 bits per heavy atom. The smallest absolute Gasteiger partial charge is 0.209 e. The van der Waals surface area contributed by atoms with E-state index in [0.29, 0.717) is 18.8 Å². The van der Waals surface area contributed by atoms with Crippen molar-refractivity contribution in [2.45, 2.75) is 25.7 Å². The molecule has 0 aliphatic heterocycles. The number of nitrogens with zero attached hydrogens (tertiary/aromatic N) is 1. The van der Waals surface area contributed by atoms with Crippen molar-refractivity contribution in [2.24, 2.45) is 5.14 Å². The lowest BCUT2D eigenvalue weighted by atomic mass is 10.2. The zero-order valence-corrected chi connectivity index (χ0v) is 11.8. The van der Waals surface area contributed by atoms with Crippen molar-refractivity contribution in [2.75, 3.05) is 12.4 Å². The summed E-state index contributed by atoms with van der Waals surface area (Å²) in [5, 5.41) is 13.5. The van der Waals surface area contributed by atoms with E-state index in [1.807, 2.05) is 0 Å². The van der Waals surface area contributed by atoms with Crippen molar-refractivity contribution in [3.05, 3.63) is 29.6 Å². The molecule has 1 aromatic carbocycles. The van der Waals surface area contributed by atoms with E-state index in [1.54, 1.807) is 12.1 Å². The van der Waals surface area contributed by atoms with Gasteiger partial charge in [0.15, 0.2) is 0 Å². The van der Waals surface area contributed by atoms with Gasteiger partial charge in [-0.3, -0.25) is 0 Å². The van der Waals surface area contributed by atoms with E-state index in [4.69, 9.17) is 15.1 Å². The number of hydrogen-bond donors (Lipinski definition) is 1. The number of nitriles is 1. The summed E-state index contributed by atoms with van der Waals surface area (Å²) in [6, 6.07) is 5.83. The largest absolute Gasteiger partial charge is 0.493 e. The van der Waals surface area contributed by atoms with Gasteiger partial charge < -0.3 is 4.74 Å². The van der Waals surface area contributed by atoms with Crippen molar-refractivity contribution in [3.63, 3.8) is 0 Å². The molecule has 0 aliphatic carbocycles. The van der Waals surface area contributed by atoms with Crippen molar-refractivity contribution in [1.82, 2.24) is 0 Å². The Hall–Kier alpha value is -1.65. The van der Waals surface area contributed by atoms with Gasteiger partial charge in [0.2, 0.25) is 10.0 Å². The Bertz CT molecular complexity index is 582. The first kappa shape index (κ1) is 16.4. The van der Waals surface area contributed by atoms with E-state index in [2.05, 4.69) is 0 Å². The maximum absolute atomic E-state index is 13.3. The first-order valence-corrected chi connectivity index (χ1v) is 7.97. The third kappa shape index (κ3) is 6.50. The lowest BCUT2D eigenvalue weighted by Crippen LogP contribution is -2.16. The van der Waals surface area contributed by atoms with E-state index < -0.39 is 15.8 Å². The summed E-state index contributed by atoms with van der Waals surface area (Å²) >= 11 is 0. The van der Waals surface area contributed by atoms with E-state index in [0.717, 1.165) is 19.3 Å². The highest BCUT2D eigenvalue weighted by atomic mass is 32.2. The predicted octanol–water partition coefficient (Wildman–Crippen LogP) is 1.93. The molecule has 0 heterocycles. The van der Waals surface area contributed by atoms with Crippen LogP contribution in [-0.2, 0) is 10.0 Å². The van der Waals surface area contributed by atoms with Gasteiger partial charge >= 0.3 is 0 Å². The van der Waals surface area contributed by atoms with Crippen LogP contribution in [0.3, 0.4) is 0 Å². The number of sulfonamides is 1. The van der Waals surface area contributed by atoms with Crippen LogP contribution in [0, 0.1) is 17.1 Å². The molecule has 5 nitrogen and oxygen atoms in total. The molecule has 1 aromatic rings. The second kappa shape index (κ2) is 7.82. The number of primary sulfonamides is 1. The Morgan fingerprint density at radius 2 is 1.95 bits per heavy atom. The Labute approximate surface area is 118 Å². The summed E-state index contributed by atoms with van der Waals surface area (Å²) in [7, 11) is -3.37. The van der Waals surface area contributed by atoms with Gasteiger partial charge in [0, 0.05) is 6.07 Å². The number of ether oxygens (including phenoxy) is 1. The van der Waals surface area contributed by atoms with E-state index >= 15 is 0 Å². The third-order valence-corrected chi connectivity index (χ3v) is 3.51. The molecule has 2 N–H and O–H groups in total. The van der Waals surface area contributed by atoms with Crippen LogP contribution in [0.1, 0.15) is 31.2 Å². The number of rotatable bonds is 8. The summed E-state index contributed by atoms with van der Waals surface area (Å²) < 4.78 is 40.0. The molecule has 0 spiro atoms. The molecule has 0 saturated carbocycles. The minimum Gasteiger partial charge on any atom is -0.493 e. The number of hydrogen-bond acceptors (Lipinski definition) is 4. The third-order valence-electron chi connectivity index (χ3n) is 2.65. The molecule has 110 valence electrons. The second-order valence-electron chi connectivity index (χ2n) is 4.38. The zero-order chi connectivity index (χ0) is 15.0. The number of benzene rings is 1. The van der Waals surface area contributed by atoms with Crippen molar-refractivity contribution < 1.29 is 17.5 Å². The minimum absolute atomic E-state index is 0.00527. The molecule has 0 amide bonds. The molecule has 7 heteroatoms. The lowest BCUT2D eigenvalue weighted by Gasteiger charge is -2.06. The predicted molar refractivity (Wildman–Crippen MR) is 73.1 cm³/mol. The van der Waals surface area contributed by atoms with Gasteiger partial charge in [-0.2, -0.15) is 5.26 Å². The SMILES string of the molecule is N#Cc1ccc(OCCCCCCS(N)(=O)=O)cc1F. The maximum Gasteiger partial charge on any atom is 0.209 e. The lowest BCUT2D eigenvalue weighted by molar-refractivity contribution is 0.303. The van der Waals surface area contributed by atoms with Gasteiger partial charge in [0.25, 0.3) is 0 Å². The number of nitrogens with two attached hydrogens (primary N) is 1. The summed E-state index contributed by atoms with van der Waals surface area (Å²) in [5.41, 5.74) is -0.0136. The van der Waals surface area contributed by atoms with Crippen molar-refractivity contribution in [1.29, 1.82) is 5.26 Å². The van der Waals surface area contributed by atoms with Crippen LogP contribution in [0.25, 0.3) is 0 Å². The fourth-order valence-electron chi connectivity index (χ4n) is 1.63. The molecule has 20 heavy (non-hydrogen) atoms. The standard InChI is InChI=1S/C13H17FN2O3S/c14-13-9-12(6-5-11(13)10-15)19-7-3-1-2-4-8-20(16,17)18/h5-6,9H,1-4,7-8H2,(H2,16,17,18). The van der Waals surface area contributed by atoms with Crippen LogP contribution >= 0.6 is 0 Å². The van der Waals surface area contributed by atoms with Crippen LogP contribution in [0.2, 0.25) is 0 Å². The Kier molecular flexibility index (Phi) is 6.42. The second-order valence-corrected chi connectivity index (χ2v) is 6.12. The molecular weight excluding hydrogens is 283 g/mol. The molecule has 0 unspecified atom stereocenters. The first-order chi connectivity index (χ1) is 9.42. The Morgan fingerprint density at radius 3 is 2.55 bits per heavy atom. The number of unbranched alkanes of at least 4 members (excludes halogenated alkanes) is 3. The van der Waals surface area contributed by atoms with E-state index in [-0.39, 0.29) is 11.3 Å². The van der Waals surface area contributed by atoms with Crippen LogP contribution < -0.4 is 9.88 Å². The normalized spacial score (nSPS) is 11.1. The molecule has 0 fully saturated rings. The molecule has 0 atom stereocenters. The zero-order valence-electron chi connectivity index (χ0n) is 11.0. The first-order valence-electron chi connectivity index (χ1n) is 6.25. The van der Waals surface area contributed by atoms with Crippen LogP contribution in [0.15, 0.2) is 18.2 Å². The minimum atomic E-state index is -3.37. The molecule has 0 aromatic heterocycles. The van der Waals surface area contributed by atoms with Gasteiger partial charge in [-0.05, 0) is 25.0 Å². The topological polar surface area (TPSA) is 93.2 Å². The molecular formula is C13H17FN2O3S. The molecule has 0 bridgehead atoms. The average molecular weight is 300 g/mol. The van der Waals surface area contributed by atoms with Gasteiger partial charge in [-0.15, -0.1) is 0 Å². The van der Waals surface area contributed by atoms with Crippen LogP contribution in [0.5, 0.6) is 5.75 Å². The summed E-state index contributed by atoms with van der Waals surface area (Å²) in [4.78, 5) is 0. The highest BCUT2D eigenvalue weighted by Gasteiger charge is 2.04. The highest BCUT2D eigenvalue weighted by Crippen LogP contribution is 2.16. The van der Waals surface area contributed by atoms with Gasteiger partial charge in [-0.25, -0.2) is 17.9 Å². The van der Waals surface area contributed by atoms with Gasteiger partial charge in [-0.1, -0.05) is 12.8 Å². The number of halogens is 1. The molecule has 0 aliphatic rings. The van der Waals surface area contributed by atoms with Crippen molar-refractivity contribution in [3.8, 4) is 11.8 Å². The molecule has 0 saturated heterocycles. The molecule has 1 rings (SSSR count). The summed E-state index contributed by atoms with van der Waals surface area (Å²) in [6.45, 7) is 0.417. The van der Waals surface area contributed by atoms with Gasteiger partial charge in [0.05, 0.1) is 17.9 Å². The van der Waals surface area contributed by atoms with Crippen LogP contribution in [0.4, 0.5) is 4.39 Å². The van der Waals surface area contributed by atoms with Crippen LogP contribution in [-0.4, -0.2) is 20.8 Å². The van der Waals surface area contributed by atoms with Crippen molar-refractivity contribution >= 4 is 10.0 Å². The fraction of sp³-hybridized carbons (Fsp3) is 0.462. The fourth-order valence-corrected chi connectivity index (χ4v) is 2.23. The molecule has 0 radical (unpaired) electrons. The maximum atomic E-state index is 13.3.